The lowest BCUT2D eigenvalue weighted by atomic mass is 10.3. The number of aromatic nitrogens is 4. The topological polar surface area (TPSA) is 64.2 Å². The van der Waals surface area contributed by atoms with Crippen LogP contribution in [0.5, 0.6) is 0 Å². The lowest BCUT2D eigenvalue weighted by Crippen LogP contribution is -2.22. The van der Waals surface area contributed by atoms with Crippen LogP contribution in [-0.2, 0) is 20.0 Å². The van der Waals surface area contributed by atoms with Gasteiger partial charge in [0.05, 0.1) is 23.4 Å². The normalized spacial score (nSPS) is 11.2. The minimum Gasteiger partial charge on any atom is -0.347 e. The summed E-state index contributed by atoms with van der Waals surface area (Å²) in [5.74, 6) is -0.113. The Hall–Kier alpha value is -2.15. The van der Waals surface area contributed by atoms with Crippen LogP contribution in [0.3, 0.4) is 0 Å². The molecule has 0 aliphatic heterocycles. The first kappa shape index (κ1) is 13.8. The molecule has 0 saturated carbocycles. The van der Waals surface area contributed by atoms with E-state index in [0.29, 0.717) is 12.1 Å². The molecule has 3 heterocycles. The molecule has 0 radical (unpaired) electrons. The van der Waals surface area contributed by atoms with Crippen molar-refractivity contribution in [3.63, 3.8) is 0 Å². The van der Waals surface area contributed by atoms with Crippen molar-refractivity contribution in [3.8, 4) is 0 Å². The van der Waals surface area contributed by atoms with Gasteiger partial charge in [0.15, 0.2) is 0 Å². The zero-order chi connectivity index (χ0) is 15.0. The molecule has 0 aliphatic carbocycles. The molecule has 1 N–H and O–H groups in total. The van der Waals surface area contributed by atoms with E-state index in [1.807, 2.05) is 30.9 Å². The lowest BCUT2D eigenvalue weighted by Gasteiger charge is -2.03. The van der Waals surface area contributed by atoms with Crippen molar-refractivity contribution in [2.24, 2.45) is 7.05 Å². The Kier molecular flexibility index (Phi) is 3.50. The minimum atomic E-state index is -0.113. The van der Waals surface area contributed by atoms with Gasteiger partial charge in [-0.25, -0.2) is 9.50 Å². The number of aryl methyl sites for hydroxylation is 3. The van der Waals surface area contributed by atoms with Crippen molar-refractivity contribution in [2.75, 3.05) is 0 Å². The van der Waals surface area contributed by atoms with Gasteiger partial charge in [-0.2, -0.15) is 5.10 Å². The third-order valence-corrected chi connectivity index (χ3v) is 4.73. The first-order valence-electron chi connectivity index (χ1n) is 6.82. The monoisotopic (exact) mass is 303 g/mol. The molecule has 0 atom stereocenters. The van der Waals surface area contributed by atoms with E-state index in [2.05, 4.69) is 22.3 Å². The molecule has 21 heavy (non-hydrogen) atoms. The van der Waals surface area contributed by atoms with Gasteiger partial charge in [0.1, 0.15) is 11.2 Å². The van der Waals surface area contributed by atoms with E-state index in [1.165, 1.54) is 0 Å². The molecule has 1 amide bonds. The summed E-state index contributed by atoms with van der Waals surface area (Å²) < 4.78 is 3.58. The van der Waals surface area contributed by atoms with E-state index in [1.54, 1.807) is 22.0 Å². The second-order valence-corrected chi connectivity index (χ2v) is 6.06. The Morgan fingerprint density at radius 3 is 2.95 bits per heavy atom. The quantitative estimate of drug-likeness (QED) is 0.801. The molecule has 0 bridgehead atoms. The number of hydrogen-bond donors (Lipinski definition) is 1. The van der Waals surface area contributed by atoms with E-state index >= 15 is 0 Å². The van der Waals surface area contributed by atoms with Crippen LogP contribution in [0.1, 0.15) is 32.9 Å². The molecular weight excluding hydrogens is 286 g/mol. The first-order valence-corrected chi connectivity index (χ1v) is 7.63. The summed E-state index contributed by atoms with van der Waals surface area (Å²) in [6, 6.07) is 0. The number of rotatable bonds is 4. The number of carbonyl (C=O) groups is 1. The number of carbonyl (C=O) groups excluding carboxylic acids is 1. The molecule has 0 fully saturated rings. The Morgan fingerprint density at radius 1 is 1.43 bits per heavy atom. The number of amides is 1. The van der Waals surface area contributed by atoms with E-state index in [9.17, 15) is 4.79 Å². The highest BCUT2D eigenvalue weighted by molar-refractivity contribution is 7.11. The maximum absolute atomic E-state index is 12.3. The van der Waals surface area contributed by atoms with Crippen LogP contribution in [0.25, 0.3) is 5.65 Å². The van der Waals surface area contributed by atoms with Crippen molar-refractivity contribution in [2.45, 2.75) is 26.8 Å². The molecule has 6 nitrogen and oxygen atoms in total. The Balaban J connectivity index is 1.77. The number of hydrogen-bond acceptors (Lipinski definition) is 4. The zero-order valence-corrected chi connectivity index (χ0v) is 13.1. The largest absolute Gasteiger partial charge is 0.347 e. The van der Waals surface area contributed by atoms with Crippen molar-refractivity contribution in [1.82, 2.24) is 24.5 Å². The van der Waals surface area contributed by atoms with Gasteiger partial charge in [-0.05, 0) is 13.3 Å². The summed E-state index contributed by atoms with van der Waals surface area (Å²) in [6.45, 7) is 4.57. The standard InChI is InChI=1S/C14H17N5OS/c1-4-12-17-9(2)11(21-12)8-15-13(20)10-7-16-19-6-5-18(3)14(10)19/h5-7H,4,8H2,1-3H3,(H,15,20). The SMILES string of the molecule is CCc1nc(C)c(CNC(=O)c2cnn3ccn(C)c23)s1. The first-order chi connectivity index (χ1) is 10.1. The van der Waals surface area contributed by atoms with E-state index in [4.69, 9.17) is 0 Å². The average Bonchev–Trinajstić information content (AvgIpc) is 3.13. The molecule has 3 aromatic rings. The van der Waals surface area contributed by atoms with Crippen molar-refractivity contribution in [3.05, 3.63) is 39.7 Å². The summed E-state index contributed by atoms with van der Waals surface area (Å²) in [5.41, 5.74) is 2.37. The van der Waals surface area contributed by atoms with Crippen LogP contribution in [-0.4, -0.2) is 25.1 Å². The number of thiazole rings is 1. The van der Waals surface area contributed by atoms with Gasteiger partial charge in [0.25, 0.3) is 5.91 Å². The highest BCUT2D eigenvalue weighted by Gasteiger charge is 2.16. The van der Waals surface area contributed by atoms with Gasteiger partial charge in [0, 0.05) is 24.3 Å². The van der Waals surface area contributed by atoms with Gasteiger partial charge < -0.3 is 9.88 Å². The van der Waals surface area contributed by atoms with E-state index < -0.39 is 0 Å². The zero-order valence-electron chi connectivity index (χ0n) is 12.3. The highest BCUT2D eigenvalue weighted by atomic mass is 32.1. The second-order valence-electron chi connectivity index (χ2n) is 4.89. The smallest absolute Gasteiger partial charge is 0.256 e. The van der Waals surface area contributed by atoms with Crippen molar-refractivity contribution in [1.29, 1.82) is 0 Å². The maximum Gasteiger partial charge on any atom is 0.256 e. The number of imidazole rings is 1. The highest BCUT2D eigenvalue weighted by Crippen LogP contribution is 2.18. The summed E-state index contributed by atoms with van der Waals surface area (Å²) in [7, 11) is 1.90. The van der Waals surface area contributed by atoms with Gasteiger partial charge in [-0.3, -0.25) is 4.79 Å². The van der Waals surface area contributed by atoms with Gasteiger partial charge in [-0.1, -0.05) is 6.92 Å². The van der Waals surface area contributed by atoms with E-state index in [0.717, 1.165) is 27.6 Å². The molecule has 3 rings (SSSR count). The molecule has 3 aromatic heterocycles. The van der Waals surface area contributed by atoms with Gasteiger partial charge in [0.2, 0.25) is 0 Å². The fourth-order valence-corrected chi connectivity index (χ4v) is 3.22. The molecule has 7 heteroatoms. The number of nitrogens with one attached hydrogen (secondary N) is 1. The van der Waals surface area contributed by atoms with Crippen LogP contribution >= 0.6 is 11.3 Å². The number of nitrogens with zero attached hydrogens (tertiary/aromatic N) is 4. The average molecular weight is 303 g/mol. The summed E-state index contributed by atoms with van der Waals surface area (Å²) in [4.78, 5) is 17.9. The predicted molar refractivity (Wildman–Crippen MR) is 81.6 cm³/mol. The van der Waals surface area contributed by atoms with Crippen molar-refractivity contribution < 1.29 is 4.79 Å². The third-order valence-electron chi connectivity index (χ3n) is 3.43. The summed E-state index contributed by atoms with van der Waals surface area (Å²) >= 11 is 1.66. The Labute approximate surface area is 126 Å². The predicted octanol–water partition coefficient (Wildman–Crippen LogP) is 1.93. The third kappa shape index (κ3) is 2.44. The minimum absolute atomic E-state index is 0.113. The number of fused-ring (bicyclic) bond motifs is 1. The summed E-state index contributed by atoms with van der Waals surface area (Å²) in [6.07, 6.45) is 6.22. The van der Waals surface area contributed by atoms with Crippen LogP contribution in [0.2, 0.25) is 0 Å². The molecule has 0 saturated heterocycles. The molecule has 0 aromatic carbocycles. The molecule has 0 spiro atoms. The lowest BCUT2D eigenvalue weighted by molar-refractivity contribution is 0.0952. The molecule has 110 valence electrons. The summed E-state index contributed by atoms with van der Waals surface area (Å²) in [5, 5.41) is 8.23. The fourth-order valence-electron chi connectivity index (χ4n) is 2.27. The van der Waals surface area contributed by atoms with E-state index in [-0.39, 0.29) is 5.91 Å². The van der Waals surface area contributed by atoms with Crippen molar-refractivity contribution >= 4 is 22.9 Å². The second kappa shape index (κ2) is 5.33. The van der Waals surface area contributed by atoms with Crippen LogP contribution in [0.4, 0.5) is 0 Å². The van der Waals surface area contributed by atoms with Crippen LogP contribution < -0.4 is 5.32 Å². The van der Waals surface area contributed by atoms with Crippen LogP contribution in [0, 0.1) is 6.92 Å². The van der Waals surface area contributed by atoms with Gasteiger partial charge >= 0.3 is 0 Å². The molecule has 0 unspecified atom stereocenters. The molecular formula is C14H17N5OS. The van der Waals surface area contributed by atoms with Crippen LogP contribution in [0.15, 0.2) is 18.6 Å². The fraction of sp³-hybridized carbons (Fsp3) is 0.357. The Morgan fingerprint density at radius 2 is 2.24 bits per heavy atom. The maximum atomic E-state index is 12.3. The molecule has 0 aliphatic rings. The van der Waals surface area contributed by atoms with Gasteiger partial charge in [-0.15, -0.1) is 11.3 Å². The Bertz CT molecular complexity index is 798.